The lowest BCUT2D eigenvalue weighted by Crippen LogP contribution is -2.29. The number of anilines is 1. The van der Waals surface area contributed by atoms with Crippen LogP contribution in [0.25, 0.3) is 0 Å². The van der Waals surface area contributed by atoms with Crippen LogP contribution < -0.4 is 15.5 Å². The summed E-state index contributed by atoms with van der Waals surface area (Å²) in [7, 11) is 3.15. The Morgan fingerprint density at radius 3 is 2.37 bits per heavy atom. The van der Waals surface area contributed by atoms with Gasteiger partial charge in [0.2, 0.25) is 0 Å². The van der Waals surface area contributed by atoms with E-state index in [1.807, 2.05) is 38.1 Å². The molecule has 0 atom stereocenters. The van der Waals surface area contributed by atoms with Crippen molar-refractivity contribution in [1.29, 1.82) is 0 Å². The number of rotatable bonds is 7. The monoisotopic (exact) mass is 422 g/mol. The van der Waals surface area contributed by atoms with Crippen LogP contribution in [0.5, 0.6) is 5.75 Å². The molecule has 8 nitrogen and oxygen atoms in total. The Morgan fingerprint density at radius 1 is 1.03 bits per heavy atom. The van der Waals surface area contributed by atoms with Crippen LogP contribution in [-0.2, 0) is 4.79 Å². The Labute approximate surface area is 178 Å². The molecular weight excluding hydrogens is 400 g/mol. The molecule has 0 aliphatic heterocycles. The lowest BCUT2D eigenvalue weighted by molar-refractivity contribution is -0.114. The fourth-order valence-corrected chi connectivity index (χ4v) is 3.27. The standard InChI is InChI=1S/C21H22N6O2S/c1-13-5-7-15(8-6-13)25-27-20-14(2)23-21(30-20)18(19(28)22-3)26-24-16-9-11-17(29-4)12-10-16/h5-12,24H,1-4H3,(H,22,28)/b26-18-,27-25?. The van der Waals surface area contributed by atoms with Crippen molar-refractivity contribution in [2.75, 3.05) is 19.6 Å². The van der Waals surface area contributed by atoms with Gasteiger partial charge in [0.1, 0.15) is 5.75 Å². The topological polar surface area (TPSA) is 100 Å². The van der Waals surface area contributed by atoms with E-state index in [-0.39, 0.29) is 11.6 Å². The molecule has 1 aromatic heterocycles. The highest BCUT2D eigenvalue weighted by atomic mass is 32.1. The predicted molar refractivity (Wildman–Crippen MR) is 119 cm³/mol. The van der Waals surface area contributed by atoms with E-state index < -0.39 is 0 Å². The number of hydrogen-bond donors (Lipinski definition) is 2. The summed E-state index contributed by atoms with van der Waals surface area (Å²) < 4.78 is 5.14. The molecule has 2 N–H and O–H groups in total. The molecule has 0 aliphatic rings. The normalized spacial score (nSPS) is 11.5. The van der Waals surface area contributed by atoms with E-state index in [2.05, 4.69) is 31.1 Å². The van der Waals surface area contributed by atoms with Gasteiger partial charge in [0.25, 0.3) is 5.91 Å². The molecule has 1 heterocycles. The van der Waals surface area contributed by atoms with Gasteiger partial charge in [0, 0.05) is 7.05 Å². The molecular formula is C21H22N6O2S. The molecule has 0 spiro atoms. The molecule has 1 amide bonds. The number of hydrazone groups is 1. The number of nitrogens with one attached hydrogen (secondary N) is 2. The van der Waals surface area contributed by atoms with Crippen molar-refractivity contribution in [2.45, 2.75) is 13.8 Å². The van der Waals surface area contributed by atoms with Crippen LogP contribution in [0.3, 0.4) is 0 Å². The Kier molecular flexibility index (Phi) is 6.87. The van der Waals surface area contributed by atoms with Crippen LogP contribution in [-0.4, -0.2) is 30.8 Å². The molecule has 0 aliphatic carbocycles. The van der Waals surface area contributed by atoms with Gasteiger partial charge < -0.3 is 10.1 Å². The van der Waals surface area contributed by atoms with E-state index in [0.29, 0.717) is 21.4 Å². The molecule has 0 unspecified atom stereocenters. The van der Waals surface area contributed by atoms with Gasteiger partial charge in [-0.05, 0) is 50.2 Å². The van der Waals surface area contributed by atoms with Crippen LogP contribution in [0.4, 0.5) is 16.4 Å². The average Bonchev–Trinajstić information content (AvgIpc) is 3.13. The molecule has 0 saturated carbocycles. The third-order valence-electron chi connectivity index (χ3n) is 4.09. The molecule has 0 radical (unpaired) electrons. The molecule has 154 valence electrons. The second kappa shape index (κ2) is 9.75. The smallest absolute Gasteiger partial charge is 0.274 e. The zero-order valence-corrected chi connectivity index (χ0v) is 17.9. The maximum absolute atomic E-state index is 12.4. The third kappa shape index (κ3) is 5.26. The second-order valence-electron chi connectivity index (χ2n) is 6.32. The van der Waals surface area contributed by atoms with Crippen LogP contribution in [0, 0.1) is 13.8 Å². The summed E-state index contributed by atoms with van der Waals surface area (Å²) in [5.41, 5.74) is 6.34. The van der Waals surface area contributed by atoms with Crippen LogP contribution in [0.2, 0.25) is 0 Å². The van der Waals surface area contributed by atoms with Crippen molar-refractivity contribution in [2.24, 2.45) is 15.3 Å². The number of ether oxygens (including phenoxy) is 1. The first-order chi connectivity index (χ1) is 14.5. The van der Waals surface area contributed by atoms with Crippen LogP contribution in [0.15, 0.2) is 63.9 Å². The number of azo groups is 1. The molecule has 3 rings (SSSR count). The van der Waals surface area contributed by atoms with E-state index >= 15 is 0 Å². The molecule has 30 heavy (non-hydrogen) atoms. The lowest BCUT2D eigenvalue weighted by Gasteiger charge is -2.05. The molecule has 0 bridgehead atoms. The minimum Gasteiger partial charge on any atom is -0.497 e. The largest absolute Gasteiger partial charge is 0.497 e. The van der Waals surface area contributed by atoms with Gasteiger partial charge >= 0.3 is 0 Å². The fourth-order valence-electron chi connectivity index (χ4n) is 2.40. The SMILES string of the molecule is CNC(=O)/C(=N/Nc1ccc(OC)cc1)c1nc(C)c(N=Nc2ccc(C)cc2)s1. The maximum Gasteiger partial charge on any atom is 0.274 e. The summed E-state index contributed by atoms with van der Waals surface area (Å²) in [5, 5.41) is 16.5. The van der Waals surface area contributed by atoms with Crippen molar-refractivity contribution in [3.05, 3.63) is 64.8 Å². The van der Waals surface area contributed by atoms with Gasteiger partial charge in [-0.15, -0.1) is 10.2 Å². The van der Waals surface area contributed by atoms with Crippen molar-refractivity contribution >= 4 is 39.3 Å². The van der Waals surface area contributed by atoms with Crippen molar-refractivity contribution in [3.8, 4) is 5.75 Å². The number of benzene rings is 2. The number of aromatic nitrogens is 1. The third-order valence-corrected chi connectivity index (χ3v) is 5.14. The number of carbonyl (C=O) groups is 1. The molecule has 3 aromatic rings. The van der Waals surface area contributed by atoms with Crippen molar-refractivity contribution < 1.29 is 9.53 Å². The Morgan fingerprint density at radius 2 is 1.73 bits per heavy atom. The molecule has 0 saturated heterocycles. The predicted octanol–water partition coefficient (Wildman–Crippen LogP) is 4.75. The maximum atomic E-state index is 12.4. The minimum absolute atomic E-state index is 0.165. The first-order valence-corrected chi connectivity index (χ1v) is 9.98. The van der Waals surface area contributed by atoms with E-state index in [9.17, 15) is 4.79 Å². The van der Waals surface area contributed by atoms with Crippen molar-refractivity contribution in [1.82, 2.24) is 10.3 Å². The summed E-state index contributed by atoms with van der Waals surface area (Å²) in [6, 6.07) is 14.9. The molecule has 9 heteroatoms. The first-order valence-electron chi connectivity index (χ1n) is 9.16. The number of likely N-dealkylation sites (N-methyl/N-ethyl adjacent to an activating group) is 1. The summed E-state index contributed by atoms with van der Waals surface area (Å²) in [4.78, 5) is 16.8. The summed E-state index contributed by atoms with van der Waals surface area (Å²) in [6.07, 6.45) is 0. The van der Waals surface area contributed by atoms with Crippen LogP contribution in [0.1, 0.15) is 16.3 Å². The minimum atomic E-state index is -0.355. The number of methoxy groups -OCH3 is 1. The van der Waals surface area contributed by atoms with Gasteiger partial charge in [-0.2, -0.15) is 5.10 Å². The van der Waals surface area contributed by atoms with Gasteiger partial charge in [-0.3, -0.25) is 10.2 Å². The zero-order chi connectivity index (χ0) is 21.5. The summed E-state index contributed by atoms with van der Waals surface area (Å²) >= 11 is 1.25. The highest BCUT2D eigenvalue weighted by Gasteiger charge is 2.19. The number of nitrogens with zero attached hydrogens (tertiary/aromatic N) is 4. The van der Waals surface area contributed by atoms with Crippen molar-refractivity contribution in [3.63, 3.8) is 0 Å². The highest BCUT2D eigenvalue weighted by molar-refractivity contribution is 7.18. The zero-order valence-electron chi connectivity index (χ0n) is 17.1. The second-order valence-corrected chi connectivity index (χ2v) is 7.30. The van der Waals surface area contributed by atoms with Gasteiger partial charge in [-0.1, -0.05) is 29.0 Å². The Hall–Kier alpha value is -3.59. The highest BCUT2D eigenvalue weighted by Crippen LogP contribution is 2.29. The van der Waals surface area contributed by atoms with Crippen LogP contribution >= 0.6 is 11.3 Å². The van der Waals surface area contributed by atoms with E-state index in [1.165, 1.54) is 11.3 Å². The fraction of sp³-hybridized carbons (Fsp3) is 0.190. The number of hydrogen-bond acceptors (Lipinski definition) is 8. The summed E-state index contributed by atoms with van der Waals surface area (Å²) in [6.45, 7) is 3.84. The van der Waals surface area contributed by atoms with Gasteiger partial charge in [0.15, 0.2) is 15.7 Å². The van der Waals surface area contributed by atoms with Gasteiger partial charge in [-0.25, -0.2) is 4.98 Å². The summed E-state index contributed by atoms with van der Waals surface area (Å²) in [5.74, 6) is 0.377. The van der Waals surface area contributed by atoms with E-state index in [4.69, 9.17) is 4.74 Å². The number of aryl methyl sites for hydroxylation is 2. The van der Waals surface area contributed by atoms with Gasteiger partial charge in [0.05, 0.1) is 24.2 Å². The number of amides is 1. The number of carbonyl (C=O) groups excluding carboxylic acids is 1. The molecule has 0 fully saturated rings. The van der Waals surface area contributed by atoms with E-state index in [0.717, 1.165) is 17.0 Å². The van der Waals surface area contributed by atoms with E-state index in [1.54, 1.807) is 38.4 Å². The first kappa shape index (κ1) is 21.1. The average molecular weight is 423 g/mol. The lowest BCUT2D eigenvalue weighted by atomic mass is 10.2. The molecule has 2 aromatic carbocycles. The Balaban J connectivity index is 1.84. The number of thiazole rings is 1. The quantitative estimate of drug-likeness (QED) is 0.326. The Bertz CT molecular complexity index is 1070.